The predicted octanol–water partition coefficient (Wildman–Crippen LogP) is 5.99. The molecule has 0 radical (unpaired) electrons. The summed E-state index contributed by atoms with van der Waals surface area (Å²) in [5.74, 6) is 0.574. The fraction of sp³-hybridized carbons (Fsp3) is 0.409. The van der Waals surface area contributed by atoms with E-state index in [1.807, 2.05) is 31.2 Å². The van der Waals surface area contributed by atoms with Crippen LogP contribution >= 0.6 is 0 Å². The van der Waals surface area contributed by atoms with Gasteiger partial charge in [0, 0.05) is 17.7 Å². The van der Waals surface area contributed by atoms with Gasteiger partial charge >= 0.3 is 0 Å². The zero-order chi connectivity index (χ0) is 19.4. The number of hydrogen-bond donors (Lipinski definition) is 1. The predicted molar refractivity (Wildman–Crippen MR) is 102 cm³/mol. The second kappa shape index (κ2) is 8.51. The van der Waals surface area contributed by atoms with E-state index in [4.69, 9.17) is 4.74 Å². The van der Waals surface area contributed by atoms with Gasteiger partial charge in [-0.2, -0.15) is 0 Å². The van der Waals surface area contributed by atoms with Crippen LogP contribution < -0.4 is 10.1 Å². The van der Waals surface area contributed by atoms with Crippen molar-refractivity contribution in [2.75, 3.05) is 5.32 Å². The van der Waals surface area contributed by atoms with E-state index in [0.717, 1.165) is 29.5 Å². The Bertz CT molecular complexity index is 816. The Morgan fingerprint density at radius 1 is 1.22 bits per heavy atom. The minimum atomic E-state index is -2.59. The van der Waals surface area contributed by atoms with Gasteiger partial charge in [0.15, 0.2) is 0 Å². The second-order valence-electron chi connectivity index (χ2n) is 6.86. The van der Waals surface area contributed by atoms with E-state index in [1.165, 1.54) is 6.07 Å². The molecule has 5 heteroatoms. The molecule has 0 aliphatic heterocycles. The monoisotopic (exact) mass is 373 g/mol. The summed E-state index contributed by atoms with van der Waals surface area (Å²) < 4.78 is 32.7. The van der Waals surface area contributed by atoms with Crippen molar-refractivity contribution in [2.45, 2.75) is 58.5 Å². The fourth-order valence-electron chi connectivity index (χ4n) is 3.17. The zero-order valence-corrected chi connectivity index (χ0v) is 15.7. The lowest BCUT2D eigenvalue weighted by Crippen LogP contribution is -2.13. The molecule has 0 saturated heterocycles. The van der Waals surface area contributed by atoms with Crippen LogP contribution in [-0.4, -0.2) is 5.91 Å². The molecule has 144 valence electrons. The number of ether oxygens (including phenoxy) is 1. The number of amides is 1. The van der Waals surface area contributed by atoms with Gasteiger partial charge < -0.3 is 10.1 Å². The molecule has 3 nitrogen and oxygen atoms in total. The minimum Gasteiger partial charge on any atom is -0.488 e. The fourth-order valence-corrected chi connectivity index (χ4v) is 3.17. The molecule has 1 saturated carbocycles. The standard InChI is InChI=1S/C22H25F2NO2/c1-3-14-8-11-20(17(12-14)22(23)24)27-13-18-16(15-9-10-15)6-5-7-19(18)25-21(26)4-2/h5-8,11-12,15,22H,3-4,9-10,13H2,1-2H3,(H,25,26). The molecule has 0 unspecified atom stereocenters. The first-order valence-corrected chi connectivity index (χ1v) is 9.48. The van der Waals surface area contributed by atoms with Crippen molar-refractivity contribution >= 4 is 11.6 Å². The molecule has 1 fully saturated rings. The van der Waals surface area contributed by atoms with E-state index >= 15 is 0 Å². The normalized spacial score (nSPS) is 13.7. The summed E-state index contributed by atoms with van der Waals surface area (Å²) in [5, 5.41) is 2.91. The summed E-state index contributed by atoms with van der Waals surface area (Å²) in [5.41, 5.74) is 3.48. The molecule has 0 atom stereocenters. The Labute approximate surface area is 158 Å². The average molecular weight is 373 g/mol. The number of rotatable bonds is 8. The van der Waals surface area contributed by atoms with E-state index in [2.05, 4.69) is 5.32 Å². The average Bonchev–Trinajstić information content (AvgIpc) is 3.51. The summed E-state index contributed by atoms with van der Waals surface area (Å²) in [6.07, 6.45) is 0.682. The molecule has 1 aliphatic rings. The molecule has 0 aromatic heterocycles. The summed E-state index contributed by atoms with van der Waals surface area (Å²) in [4.78, 5) is 11.9. The summed E-state index contributed by atoms with van der Waals surface area (Å²) in [7, 11) is 0. The maximum atomic E-state index is 13.4. The highest BCUT2D eigenvalue weighted by molar-refractivity contribution is 5.91. The number of aryl methyl sites for hydroxylation is 1. The molecule has 3 rings (SSSR count). The third-order valence-corrected chi connectivity index (χ3v) is 4.91. The van der Waals surface area contributed by atoms with E-state index < -0.39 is 6.43 Å². The Balaban J connectivity index is 1.88. The molecule has 0 bridgehead atoms. The van der Waals surface area contributed by atoms with Crippen molar-refractivity contribution in [3.63, 3.8) is 0 Å². The molecule has 1 aliphatic carbocycles. The molecular formula is C22H25F2NO2. The lowest BCUT2D eigenvalue weighted by Gasteiger charge is -2.18. The Morgan fingerprint density at radius 2 is 2.00 bits per heavy atom. The number of carbonyl (C=O) groups is 1. The van der Waals surface area contributed by atoms with Crippen LogP contribution in [0.2, 0.25) is 0 Å². The van der Waals surface area contributed by atoms with Crippen LogP contribution in [0.1, 0.15) is 67.7 Å². The molecule has 0 spiro atoms. The number of hydrogen-bond acceptors (Lipinski definition) is 2. The van der Waals surface area contributed by atoms with E-state index in [1.54, 1.807) is 13.0 Å². The van der Waals surface area contributed by atoms with Gasteiger partial charge in [0.2, 0.25) is 5.91 Å². The highest BCUT2D eigenvalue weighted by Crippen LogP contribution is 2.43. The number of nitrogens with one attached hydrogen (secondary N) is 1. The maximum Gasteiger partial charge on any atom is 0.267 e. The van der Waals surface area contributed by atoms with Gasteiger partial charge in [-0.25, -0.2) is 8.78 Å². The van der Waals surface area contributed by atoms with Gasteiger partial charge in [-0.1, -0.05) is 32.0 Å². The van der Waals surface area contributed by atoms with Crippen LogP contribution in [-0.2, 0) is 17.8 Å². The van der Waals surface area contributed by atoms with Gasteiger partial charge in [-0.05, 0) is 54.5 Å². The van der Waals surface area contributed by atoms with Crippen LogP contribution in [0.3, 0.4) is 0 Å². The second-order valence-corrected chi connectivity index (χ2v) is 6.86. The third kappa shape index (κ3) is 4.65. The smallest absolute Gasteiger partial charge is 0.267 e. The van der Waals surface area contributed by atoms with Gasteiger partial charge in [-0.3, -0.25) is 4.79 Å². The van der Waals surface area contributed by atoms with Crippen LogP contribution in [0.5, 0.6) is 5.75 Å². The first-order valence-electron chi connectivity index (χ1n) is 9.48. The van der Waals surface area contributed by atoms with Crippen LogP contribution in [0, 0.1) is 0 Å². The number of benzene rings is 2. The van der Waals surface area contributed by atoms with Crippen molar-refractivity contribution in [2.24, 2.45) is 0 Å². The van der Waals surface area contributed by atoms with Crippen LogP contribution in [0.4, 0.5) is 14.5 Å². The number of anilines is 1. The lowest BCUT2D eigenvalue weighted by atomic mass is 10.0. The molecular weight excluding hydrogens is 348 g/mol. The molecule has 1 amide bonds. The van der Waals surface area contributed by atoms with E-state index in [0.29, 0.717) is 24.4 Å². The van der Waals surface area contributed by atoms with Gasteiger partial charge in [0.05, 0.1) is 5.56 Å². The summed E-state index contributed by atoms with van der Waals surface area (Å²) in [6.45, 7) is 3.87. The highest BCUT2D eigenvalue weighted by Gasteiger charge is 2.27. The van der Waals surface area contributed by atoms with Crippen molar-refractivity contribution in [1.29, 1.82) is 0 Å². The molecule has 2 aromatic carbocycles. The first kappa shape index (κ1) is 19.3. The number of halogens is 2. The van der Waals surface area contributed by atoms with Crippen LogP contribution in [0.25, 0.3) is 0 Å². The van der Waals surface area contributed by atoms with E-state index in [-0.39, 0.29) is 23.8 Å². The highest BCUT2D eigenvalue weighted by atomic mass is 19.3. The topological polar surface area (TPSA) is 38.3 Å². The number of carbonyl (C=O) groups excluding carboxylic acids is 1. The van der Waals surface area contributed by atoms with Gasteiger partial charge in [0.1, 0.15) is 12.4 Å². The Kier molecular flexibility index (Phi) is 6.09. The maximum absolute atomic E-state index is 13.4. The van der Waals surface area contributed by atoms with Crippen molar-refractivity contribution in [1.82, 2.24) is 0 Å². The van der Waals surface area contributed by atoms with Gasteiger partial charge in [0.25, 0.3) is 6.43 Å². The van der Waals surface area contributed by atoms with Crippen molar-refractivity contribution < 1.29 is 18.3 Å². The molecule has 2 aromatic rings. The Morgan fingerprint density at radius 3 is 2.63 bits per heavy atom. The van der Waals surface area contributed by atoms with Crippen molar-refractivity contribution in [3.8, 4) is 5.75 Å². The number of alkyl halides is 2. The van der Waals surface area contributed by atoms with Crippen molar-refractivity contribution in [3.05, 3.63) is 58.7 Å². The SMILES string of the molecule is CCC(=O)Nc1cccc(C2CC2)c1COc1ccc(CC)cc1C(F)F. The van der Waals surface area contributed by atoms with Crippen LogP contribution in [0.15, 0.2) is 36.4 Å². The largest absolute Gasteiger partial charge is 0.488 e. The minimum absolute atomic E-state index is 0.0789. The summed E-state index contributed by atoms with van der Waals surface area (Å²) >= 11 is 0. The van der Waals surface area contributed by atoms with Gasteiger partial charge in [-0.15, -0.1) is 0 Å². The summed E-state index contributed by atoms with van der Waals surface area (Å²) in [6, 6.07) is 10.7. The third-order valence-electron chi connectivity index (χ3n) is 4.91. The molecule has 0 heterocycles. The zero-order valence-electron chi connectivity index (χ0n) is 15.7. The van der Waals surface area contributed by atoms with E-state index in [9.17, 15) is 13.6 Å². The lowest BCUT2D eigenvalue weighted by molar-refractivity contribution is -0.115. The quantitative estimate of drug-likeness (QED) is 0.617. The Hall–Kier alpha value is -2.43. The molecule has 1 N–H and O–H groups in total. The first-order chi connectivity index (χ1) is 13.0. The molecule has 27 heavy (non-hydrogen) atoms.